The molecule has 1 amide bonds. The van der Waals surface area contributed by atoms with Crippen LogP contribution in [0.15, 0.2) is 47.1 Å². The minimum atomic E-state index is -4.48. The Kier molecular flexibility index (Phi) is 6.27. The Morgan fingerprint density at radius 3 is 2.82 bits per heavy atom. The third-order valence-corrected chi connectivity index (χ3v) is 5.38. The molecule has 0 bridgehead atoms. The van der Waals surface area contributed by atoms with E-state index in [1.54, 1.807) is 4.90 Å². The van der Waals surface area contributed by atoms with Gasteiger partial charge in [-0.2, -0.15) is 13.2 Å². The van der Waals surface area contributed by atoms with Crippen LogP contribution in [0.2, 0.25) is 0 Å². The molecule has 0 spiro atoms. The van der Waals surface area contributed by atoms with Gasteiger partial charge in [0.15, 0.2) is 0 Å². The number of hydrogen-bond acceptors (Lipinski definition) is 3. The standard InChI is InChI=1S/C20H21BrF3N3O/c1-13(14-5-2-7-16(21)11-14)26-19(28)15-6-4-10-27(12-15)18-17(20(22,23)24)8-3-9-25-18/h2-3,5,7-9,11,13,15H,4,6,10,12H2,1H3,(H,26,28). The Bertz CT molecular complexity index is 843. The van der Waals surface area contributed by atoms with Gasteiger partial charge in [-0.1, -0.05) is 28.1 Å². The monoisotopic (exact) mass is 455 g/mol. The van der Waals surface area contributed by atoms with E-state index >= 15 is 0 Å². The third-order valence-electron chi connectivity index (χ3n) is 4.89. The first-order valence-corrected chi connectivity index (χ1v) is 9.88. The Morgan fingerprint density at radius 2 is 2.11 bits per heavy atom. The van der Waals surface area contributed by atoms with Gasteiger partial charge in [0.1, 0.15) is 5.82 Å². The maximum absolute atomic E-state index is 13.3. The lowest BCUT2D eigenvalue weighted by atomic mass is 9.96. The summed E-state index contributed by atoms with van der Waals surface area (Å²) in [5.74, 6) is -0.638. The number of alkyl halides is 3. The van der Waals surface area contributed by atoms with Crippen molar-refractivity contribution in [3.8, 4) is 0 Å². The van der Waals surface area contributed by atoms with Crippen molar-refractivity contribution in [2.75, 3.05) is 18.0 Å². The number of halogens is 4. The summed E-state index contributed by atoms with van der Waals surface area (Å²) in [6.45, 7) is 2.56. The Labute approximate surface area is 170 Å². The van der Waals surface area contributed by atoms with Crippen LogP contribution in [0, 0.1) is 5.92 Å². The van der Waals surface area contributed by atoms with E-state index in [2.05, 4.69) is 26.2 Å². The van der Waals surface area contributed by atoms with Gasteiger partial charge in [-0.05, 0) is 49.6 Å². The molecule has 1 aliphatic rings. The average molecular weight is 456 g/mol. The first-order chi connectivity index (χ1) is 13.3. The molecule has 2 atom stereocenters. The number of rotatable bonds is 4. The van der Waals surface area contributed by atoms with Gasteiger partial charge in [-0.15, -0.1) is 0 Å². The highest BCUT2D eigenvalue weighted by molar-refractivity contribution is 9.10. The van der Waals surface area contributed by atoms with Crippen LogP contribution < -0.4 is 10.2 Å². The van der Waals surface area contributed by atoms with E-state index in [9.17, 15) is 18.0 Å². The maximum atomic E-state index is 13.3. The minimum Gasteiger partial charge on any atom is -0.355 e. The number of carbonyl (C=O) groups is 1. The zero-order chi connectivity index (χ0) is 20.3. The second-order valence-electron chi connectivity index (χ2n) is 6.94. The van der Waals surface area contributed by atoms with E-state index in [1.807, 2.05) is 31.2 Å². The van der Waals surface area contributed by atoms with Gasteiger partial charge in [-0.25, -0.2) is 4.98 Å². The predicted octanol–water partition coefficient (Wildman–Crippen LogP) is 4.96. The molecule has 1 aliphatic heterocycles. The van der Waals surface area contributed by atoms with Gasteiger partial charge < -0.3 is 10.2 Å². The highest BCUT2D eigenvalue weighted by Crippen LogP contribution is 2.36. The highest BCUT2D eigenvalue weighted by Gasteiger charge is 2.37. The van der Waals surface area contributed by atoms with Crippen molar-refractivity contribution in [2.45, 2.75) is 32.0 Å². The number of aromatic nitrogens is 1. The maximum Gasteiger partial charge on any atom is 0.419 e. The minimum absolute atomic E-state index is 0.104. The fourth-order valence-electron chi connectivity index (χ4n) is 3.44. The van der Waals surface area contributed by atoms with Crippen LogP contribution in [0.25, 0.3) is 0 Å². The normalized spacial score (nSPS) is 18.6. The molecule has 4 nitrogen and oxygen atoms in total. The molecular weight excluding hydrogens is 435 g/mol. The van der Waals surface area contributed by atoms with Crippen molar-refractivity contribution >= 4 is 27.7 Å². The first-order valence-electron chi connectivity index (χ1n) is 9.08. The van der Waals surface area contributed by atoms with Crippen molar-refractivity contribution in [2.24, 2.45) is 5.92 Å². The Morgan fingerprint density at radius 1 is 1.32 bits per heavy atom. The molecule has 1 aromatic carbocycles. The lowest BCUT2D eigenvalue weighted by Crippen LogP contribution is -2.44. The van der Waals surface area contributed by atoms with Gasteiger partial charge >= 0.3 is 6.18 Å². The molecule has 2 unspecified atom stereocenters. The summed E-state index contributed by atoms with van der Waals surface area (Å²) in [6.07, 6.45) is -1.85. The van der Waals surface area contributed by atoms with Gasteiger partial charge in [-0.3, -0.25) is 4.79 Å². The Balaban J connectivity index is 1.71. The van der Waals surface area contributed by atoms with E-state index in [-0.39, 0.29) is 30.2 Å². The molecule has 1 saturated heterocycles. The van der Waals surface area contributed by atoms with Gasteiger partial charge in [0, 0.05) is 23.8 Å². The largest absolute Gasteiger partial charge is 0.419 e. The lowest BCUT2D eigenvalue weighted by molar-refractivity contribution is -0.137. The van der Waals surface area contributed by atoms with Crippen LogP contribution in [0.5, 0.6) is 0 Å². The molecule has 8 heteroatoms. The summed E-state index contributed by atoms with van der Waals surface area (Å²) in [6, 6.07) is 9.77. The number of hydrogen-bond donors (Lipinski definition) is 1. The summed E-state index contributed by atoms with van der Waals surface area (Å²) in [5.41, 5.74) is 0.193. The van der Waals surface area contributed by atoms with Gasteiger partial charge in [0.2, 0.25) is 5.91 Å². The topological polar surface area (TPSA) is 45.2 Å². The number of pyridine rings is 1. The van der Waals surface area contributed by atoms with Crippen LogP contribution >= 0.6 is 15.9 Å². The number of piperidine rings is 1. The molecular formula is C20H21BrF3N3O. The molecule has 150 valence electrons. The molecule has 2 aromatic rings. The fraction of sp³-hybridized carbons (Fsp3) is 0.400. The number of anilines is 1. The van der Waals surface area contributed by atoms with E-state index in [0.29, 0.717) is 19.4 Å². The summed E-state index contributed by atoms with van der Waals surface area (Å²) in [4.78, 5) is 18.3. The molecule has 3 rings (SSSR count). The van der Waals surface area contributed by atoms with Crippen molar-refractivity contribution < 1.29 is 18.0 Å². The van der Waals surface area contributed by atoms with Gasteiger partial charge in [0.05, 0.1) is 17.5 Å². The third kappa shape index (κ3) is 4.84. The molecule has 0 saturated carbocycles. The van der Waals surface area contributed by atoms with E-state index < -0.39 is 11.7 Å². The van der Waals surface area contributed by atoms with E-state index in [4.69, 9.17) is 0 Å². The fourth-order valence-corrected chi connectivity index (χ4v) is 3.86. The zero-order valence-corrected chi connectivity index (χ0v) is 16.9. The predicted molar refractivity (Wildman–Crippen MR) is 105 cm³/mol. The number of benzene rings is 1. The van der Waals surface area contributed by atoms with Crippen molar-refractivity contribution in [3.05, 3.63) is 58.2 Å². The molecule has 0 aliphatic carbocycles. The molecule has 1 N–H and O–H groups in total. The first kappa shape index (κ1) is 20.6. The quantitative estimate of drug-likeness (QED) is 0.708. The van der Waals surface area contributed by atoms with E-state index in [0.717, 1.165) is 16.1 Å². The second kappa shape index (κ2) is 8.51. The molecule has 1 fully saturated rings. The summed E-state index contributed by atoms with van der Waals surface area (Å²) < 4.78 is 40.8. The van der Waals surface area contributed by atoms with Crippen LogP contribution in [0.3, 0.4) is 0 Å². The zero-order valence-electron chi connectivity index (χ0n) is 15.3. The summed E-state index contributed by atoms with van der Waals surface area (Å²) >= 11 is 3.41. The smallest absolute Gasteiger partial charge is 0.355 e. The van der Waals surface area contributed by atoms with Crippen molar-refractivity contribution in [1.29, 1.82) is 0 Å². The molecule has 0 radical (unpaired) electrons. The number of amides is 1. The average Bonchev–Trinajstić information content (AvgIpc) is 2.67. The van der Waals surface area contributed by atoms with Crippen LogP contribution in [-0.2, 0) is 11.0 Å². The summed E-state index contributed by atoms with van der Waals surface area (Å²) in [5, 5.41) is 2.98. The van der Waals surface area contributed by atoms with Crippen molar-refractivity contribution in [3.63, 3.8) is 0 Å². The lowest BCUT2D eigenvalue weighted by Gasteiger charge is -2.34. The van der Waals surface area contributed by atoms with Gasteiger partial charge in [0.25, 0.3) is 0 Å². The van der Waals surface area contributed by atoms with Crippen molar-refractivity contribution in [1.82, 2.24) is 10.3 Å². The number of nitrogens with one attached hydrogen (secondary N) is 1. The van der Waals surface area contributed by atoms with Crippen LogP contribution in [0.4, 0.5) is 19.0 Å². The molecule has 1 aromatic heterocycles. The SMILES string of the molecule is CC(NC(=O)C1CCCN(c2ncccc2C(F)(F)F)C1)c1cccc(Br)c1. The summed E-state index contributed by atoms with van der Waals surface area (Å²) in [7, 11) is 0. The van der Waals surface area contributed by atoms with Crippen LogP contribution in [-0.4, -0.2) is 24.0 Å². The van der Waals surface area contributed by atoms with Crippen LogP contribution in [0.1, 0.15) is 36.9 Å². The molecule has 28 heavy (non-hydrogen) atoms. The number of nitrogens with zero attached hydrogens (tertiary/aromatic N) is 2. The van der Waals surface area contributed by atoms with E-state index in [1.165, 1.54) is 12.3 Å². The highest BCUT2D eigenvalue weighted by atomic mass is 79.9. The number of carbonyl (C=O) groups excluding carboxylic acids is 1. The second-order valence-corrected chi connectivity index (χ2v) is 7.86. The molecule has 2 heterocycles. The Hall–Kier alpha value is -2.09.